The number of nitrogens with zero attached hydrogens (tertiary/aromatic N) is 1. The van der Waals surface area contributed by atoms with Gasteiger partial charge >= 0.3 is 0 Å². The number of amides is 1. The lowest BCUT2D eigenvalue weighted by molar-refractivity contribution is -0.383. The highest BCUT2D eigenvalue weighted by molar-refractivity contribution is 6.01. The molecule has 1 aliphatic carbocycles. The fourth-order valence-corrected chi connectivity index (χ4v) is 2.02. The molecular weight excluding hydrogens is 248 g/mol. The summed E-state index contributed by atoms with van der Waals surface area (Å²) in [6.07, 6.45) is 2.10. The summed E-state index contributed by atoms with van der Waals surface area (Å²) in [7, 11) is 0. The van der Waals surface area contributed by atoms with Crippen molar-refractivity contribution in [3.8, 4) is 0 Å². The van der Waals surface area contributed by atoms with Crippen LogP contribution in [0, 0.1) is 16.0 Å². The van der Waals surface area contributed by atoms with Gasteiger partial charge < -0.3 is 16.8 Å². The molecule has 0 saturated heterocycles. The number of nitro groups is 1. The van der Waals surface area contributed by atoms with E-state index in [1.165, 1.54) is 18.2 Å². The zero-order valence-corrected chi connectivity index (χ0v) is 10.3. The second-order valence-electron chi connectivity index (χ2n) is 4.65. The van der Waals surface area contributed by atoms with Gasteiger partial charge in [0.2, 0.25) is 0 Å². The number of benzene rings is 1. The molecule has 1 atom stereocenters. The zero-order valence-electron chi connectivity index (χ0n) is 10.3. The molecule has 0 aromatic heterocycles. The summed E-state index contributed by atoms with van der Waals surface area (Å²) in [6, 6.07) is 4.09. The molecule has 1 amide bonds. The van der Waals surface area contributed by atoms with Crippen molar-refractivity contribution in [1.29, 1.82) is 0 Å². The Bertz CT molecular complexity index is 514. The van der Waals surface area contributed by atoms with Crippen molar-refractivity contribution in [3.63, 3.8) is 0 Å². The van der Waals surface area contributed by atoms with Crippen LogP contribution in [0.2, 0.25) is 0 Å². The molecule has 102 valence electrons. The molecule has 1 unspecified atom stereocenters. The van der Waals surface area contributed by atoms with Crippen molar-refractivity contribution in [3.05, 3.63) is 33.9 Å². The number of nitro benzene ring substituents is 1. The molecule has 0 aliphatic heterocycles. The second kappa shape index (κ2) is 5.23. The third-order valence-corrected chi connectivity index (χ3v) is 3.29. The molecule has 19 heavy (non-hydrogen) atoms. The van der Waals surface area contributed by atoms with Crippen LogP contribution in [0.4, 0.5) is 11.4 Å². The average Bonchev–Trinajstić information content (AvgIpc) is 3.19. The summed E-state index contributed by atoms with van der Waals surface area (Å²) >= 11 is 0. The predicted octanol–water partition coefficient (Wildman–Crippen LogP) is 0.644. The first-order valence-corrected chi connectivity index (χ1v) is 6.08. The van der Waals surface area contributed by atoms with Crippen LogP contribution in [-0.4, -0.2) is 23.4 Å². The van der Waals surface area contributed by atoms with Crippen molar-refractivity contribution < 1.29 is 9.72 Å². The summed E-state index contributed by atoms with van der Waals surface area (Å²) in [5.41, 5.74) is 11.0. The van der Waals surface area contributed by atoms with E-state index in [-0.39, 0.29) is 23.0 Å². The van der Waals surface area contributed by atoms with E-state index in [1.807, 2.05) is 0 Å². The maximum absolute atomic E-state index is 12.1. The van der Waals surface area contributed by atoms with Crippen LogP contribution < -0.4 is 16.8 Å². The van der Waals surface area contributed by atoms with Gasteiger partial charge in [0.25, 0.3) is 11.6 Å². The fourth-order valence-electron chi connectivity index (χ4n) is 2.02. The van der Waals surface area contributed by atoms with E-state index >= 15 is 0 Å². The molecule has 1 saturated carbocycles. The van der Waals surface area contributed by atoms with E-state index < -0.39 is 10.8 Å². The number of anilines is 1. The van der Waals surface area contributed by atoms with Crippen LogP contribution in [0.15, 0.2) is 18.2 Å². The highest BCUT2D eigenvalue weighted by Crippen LogP contribution is 2.32. The number of nitrogens with two attached hydrogens (primary N) is 2. The number of para-hydroxylation sites is 1. The molecule has 1 aromatic rings. The summed E-state index contributed by atoms with van der Waals surface area (Å²) in [5.74, 6) is -0.00239. The van der Waals surface area contributed by atoms with Crippen molar-refractivity contribution in [2.45, 2.75) is 18.9 Å². The Labute approximate surface area is 110 Å². The lowest BCUT2D eigenvalue weighted by Crippen LogP contribution is -2.42. The van der Waals surface area contributed by atoms with E-state index in [9.17, 15) is 14.9 Å². The highest BCUT2D eigenvalue weighted by atomic mass is 16.6. The number of hydrogen-bond donors (Lipinski definition) is 3. The molecule has 0 radical (unpaired) electrons. The molecule has 1 aromatic carbocycles. The monoisotopic (exact) mass is 264 g/mol. The van der Waals surface area contributed by atoms with Gasteiger partial charge in [-0.05, 0) is 24.8 Å². The lowest BCUT2D eigenvalue weighted by atomic mass is 10.1. The first kappa shape index (κ1) is 13.3. The van der Waals surface area contributed by atoms with Gasteiger partial charge in [-0.25, -0.2) is 0 Å². The van der Waals surface area contributed by atoms with Crippen LogP contribution in [-0.2, 0) is 0 Å². The summed E-state index contributed by atoms with van der Waals surface area (Å²) in [6.45, 7) is 0.352. The Morgan fingerprint density at radius 3 is 2.74 bits per heavy atom. The van der Waals surface area contributed by atoms with E-state index in [0.717, 1.165) is 12.8 Å². The number of hydrogen-bond acceptors (Lipinski definition) is 5. The van der Waals surface area contributed by atoms with E-state index in [2.05, 4.69) is 5.32 Å². The van der Waals surface area contributed by atoms with E-state index in [1.54, 1.807) is 0 Å². The van der Waals surface area contributed by atoms with Crippen LogP contribution in [0.25, 0.3) is 0 Å². The minimum Gasteiger partial charge on any atom is -0.393 e. The number of rotatable bonds is 5. The normalized spacial score (nSPS) is 15.8. The van der Waals surface area contributed by atoms with Crippen LogP contribution in [0.5, 0.6) is 0 Å². The predicted molar refractivity (Wildman–Crippen MR) is 70.5 cm³/mol. The Balaban J connectivity index is 2.18. The quantitative estimate of drug-likeness (QED) is 0.409. The summed E-state index contributed by atoms with van der Waals surface area (Å²) < 4.78 is 0. The van der Waals surface area contributed by atoms with Gasteiger partial charge in [-0.1, -0.05) is 6.07 Å². The molecule has 0 spiro atoms. The minimum atomic E-state index is -0.604. The molecule has 7 nitrogen and oxygen atoms in total. The van der Waals surface area contributed by atoms with E-state index in [0.29, 0.717) is 12.5 Å². The van der Waals surface area contributed by atoms with E-state index in [4.69, 9.17) is 11.5 Å². The molecule has 1 aliphatic rings. The first-order chi connectivity index (χ1) is 9.04. The second-order valence-corrected chi connectivity index (χ2v) is 4.65. The SMILES string of the molecule is NCC(NC(=O)c1cccc([N+](=O)[O-])c1N)C1CC1. The molecular formula is C12H16N4O3. The maximum Gasteiger partial charge on any atom is 0.292 e. The van der Waals surface area contributed by atoms with Crippen LogP contribution >= 0.6 is 0 Å². The Kier molecular flexibility index (Phi) is 3.66. The van der Waals surface area contributed by atoms with Gasteiger partial charge in [-0.3, -0.25) is 14.9 Å². The molecule has 0 heterocycles. The molecule has 2 rings (SSSR count). The van der Waals surface area contributed by atoms with Crippen molar-refractivity contribution in [2.24, 2.45) is 11.7 Å². The molecule has 7 heteroatoms. The van der Waals surface area contributed by atoms with Gasteiger partial charge in [0, 0.05) is 18.7 Å². The topological polar surface area (TPSA) is 124 Å². The number of nitrogen functional groups attached to an aromatic ring is 1. The molecule has 5 N–H and O–H groups in total. The Morgan fingerprint density at radius 1 is 1.53 bits per heavy atom. The number of carbonyl (C=O) groups excluding carboxylic acids is 1. The Morgan fingerprint density at radius 2 is 2.21 bits per heavy atom. The fraction of sp³-hybridized carbons (Fsp3) is 0.417. The largest absolute Gasteiger partial charge is 0.393 e. The molecule has 1 fully saturated rings. The van der Waals surface area contributed by atoms with Crippen LogP contribution in [0.1, 0.15) is 23.2 Å². The summed E-state index contributed by atoms with van der Waals surface area (Å²) in [4.78, 5) is 22.2. The van der Waals surface area contributed by atoms with Gasteiger partial charge in [0.15, 0.2) is 0 Å². The first-order valence-electron chi connectivity index (χ1n) is 6.08. The zero-order chi connectivity index (χ0) is 14.0. The summed E-state index contributed by atoms with van der Waals surface area (Å²) in [5, 5.41) is 13.6. The van der Waals surface area contributed by atoms with Crippen molar-refractivity contribution >= 4 is 17.3 Å². The standard InChI is InChI=1S/C12H16N4O3/c13-6-9(7-4-5-7)15-12(17)8-2-1-3-10(11(8)14)16(18)19/h1-3,7,9H,4-6,13-14H2,(H,15,17). The van der Waals surface area contributed by atoms with Gasteiger partial charge in [-0.15, -0.1) is 0 Å². The van der Waals surface area contributed by atoms with Crippen molar-refractivity contribution in [2.75, 3.05) is 12.3 Å². The van der Waals surface area contributed by atoms with Gasteiger partial charge in [0.05, 0.1) is 10.5 Å². The van der Waals surface area contributed by atoms with Gasteiger partial charge in [-0.2, -0.15) is 0 Å². The van der Waals surface area contributed by atoms with Gasteiger partial charge in [0.1, 0.15) is 5.69 Å². The van der Waals surface area contributed by atoms with Crippen LogP contribution in [0.3, 0.4) is 0 Å². The third-order valence-electron chi connectivity index (χ3n) is 3.29. The smallest absolute Gasteiger partial charge is 0.292 e. The molecule has 0 bridgehead atoms. The Hall–Kier alpha value is -2.15. The lowest BCUT2D eigenvalue weighted by Gasteiger charge is -2.16. The minimum absolute atomic E-state index is 0.0915. The third kappa shape index (κ3) is 2.82. The maximum atomic E-state index is 12.1. The number of carbonyl (C=O) groups is 1. The van der Waals surface area contributed by atoms with Crippen molar-refractivity contribution in [1.82, 2.24) is 5.32 Å². The highest BCUT2D eigenvalue weighted by Gasteiger charge is 2.32. The number of nitrogens with one attached hydrogen (secondary N) is 1. The average molecular weight is 264 g/mol.